The molecule has 0 unspecified atom stereocenters. The van der Waals surface area contributed by atoms with Crippen LogP contribution in [0.3, 0.4) is 0 Å². The number of amides is 1. The molecule has 0 aliphatic carbocycles. The van der Waals surface area contributed by atoms with E-state index in [9.17, 15) is 14.4 Å². The third kappa shape index (κ3) is 8.20. The van der Waals surface area contributed by atoms with E-state index in [0.29, 0.717) is 41.9 Å². The molecule has 1 fully saturated rings. The van der Waals surface area contributed by atoms with Crippen molar-refractivity contribution in [3.05, 3.63) is 65.8 Å². The van der Waals surface area contributed by atoms with Crippen molar-refractivity contribution in [3.63, 3.8) is 0 Å². The Bertz CT molecular complexity index is 1390. The molecule has 10 heteroatoms. The average molecular weight is 594 g/mol. The number of carbonyl (C=O) groups is 3. The van der Waals surface area contributed by atoms with E-state index in [1.54, 1.807) is 56.4 Å². The van der Waals surface area contributed by atoms with Gasteiger partial charge >= 0.3 is 12.1 Å². The molecule has 232 valence electrons. The molecule has 1 saturated heterocycles. The van der Waals surface area contributed by atoms with Crippen molar-refractivity contribution >= 4 is 29.6 Å². The molecule has 2 aromatic rings. The second-order valence-corrected chi connectivity index (χ2v) is 12.6. The van der Waals surface area contributed by atoms with Gasteiger partial charge in [0.2, 0.25) is 0 Å². The van der Waals surface area contributed by atoms with Crippen LogP contribution in [0.1, 0.15) is 76.4 Å². The maximum absolute atomic E-state index is 13.6. The van der Waals surface area contributed by atoms with E-state index < -0.39 is 41.8 Å². The Morgan fingerprint density at radius 3 is 2.58 bits per heavy atom. The van der Waals surface area contributed by atoms with Crippen molar-refractivity contribution in [1.82, 2.24) is 9.55 Å². The van der Waals surface area contributed by atoms with Gasteiger partial charge in [-0.1, -0.05) is 25.2 Å². The van der Waals surface area contributed by atoms with E-state index in [2.05, 4.69) is 4.98 Å². The van der Waals surface area contributed by atoms with Gasteiger partial charge in [-0.05, 0) is 84.2 Å². The van der Waals surface area contributed by atoms with E-state index in [1.165, 1.54) is 6.08 Å². The van der Waals surface area contributed by atoms with Crippen molar-refractivity contribution < 1.29 is 33.3 Å². The van der Waals surface area contributed by atoms with Gasteiger partial charge in [-0.25, -0.2) is 14.6 Å². The number of aromatic nitrogens is 2. The molecule has 0 saturated carbocycles. The number of hydrogen-bond acceptors (Lipinski definition) is 8. The first-order chi connectivity index (χ1) is 20.1. The molecule has 1 amide bonds. The number of ether oxygens (including phenoxy) is 4. The third-order valence-electron chi connectivity index (χ3n) is 7.35. The van der Waals surface area contributed by atoms with Crippen LogP contribution in [0.25, 0.3) is 6.08 Å². The highest BCUT2D eigenvalue weighted by atomic mass is 16.8. The number of aryl methyl sites for hydroxylation is 1. The Labute approximate surface area is 253 Å². The van der Waals surface area contributed by atoms with Crippen LogP contribution in [-0.2, 0) is 30.3 Å². The standard InChI is InChI=1S/C33H43N3O7/c1-21-12-13-26(37)29-27(41-33(7,8)42-29)11-9-10-24-19-25(18-22(2)28(24)30(38)40-23(21)3)36(31(39)43-32(4,5)6)17-16-35-15-14-34-20-35/h9-10,12-15,18-21,23,27,29H,11,16-17H2,1-8H3/b10-9?,13-12-/t21-,23+,27+,29-/m1/s1. The van der Waals surface area contributed by atoms with Crippen LogP contribution in [-0.4, -0.2) is 63.6 Å². The van der Waals surface area contributed by atoms with Crippen LogP contribution >= 0.6 is 0 Å². The van der Waals surface area contributed by atoms with Crippen molar-refractivity contribution in [3.8, 4) is 0 Å². The van der Waals surface area contributed by atoms with Gasteiger partial charge in [0.25, 0.3) is 0 Å². The summed E-state index contributed by atoms with van der Waals surface area (Å²) < 4.78 is 25.5. The molecule has 10 nitrogen and oxygen atoms in total. The molecule has 1 aromatic heterocycles. The molecule has 1 aromatic carbocycles. The number of carbonyl (C=O) groups excluding carboxylic acids is 3. The molecule has 0 N–H and O–H groups in total. The number of anilines is 1. The van der Waals surface area contributed by atoms with Gasteiger partial charge in [0.15, 0.2) is 11.6 Å². The lowest BCUT2D eigenvalue weighted by molar-refractivity contribution is -0.152. The summed E-state index contributed by atoms with van der Waals surface area (Å²) in [5, 5.41) is 0. The van der Waals surface area contributed by atoms with Gasteiger partial charge in [0.1, 0.15) is 17.8 Å². The minimum atomic E-state index is -0.913. The molecule has 3 heterocycles. The van der Waals surface area contributed by atoms with E-state index in [1.807, 2.05) is 57.5 Å². The number of hydrogen-bond donors (Lipinski definition) is 0. The van der Waals surface area contributed by atoms with Crippen LogP contribution in [0.15, 0.2) is 49.1 Å². The van der Waals surface area contributed by atoms with E-state index in [4.69, 9.17) is 18.9 Å². The van der Waals surface area contributed by atoms with E-state index in [0.717, 1.165) is 0 Å². The summed E-state index contributed by atoms with van der Waals surface area (Å²) in [4.78, 5) is 45.7. The number of cyclic esters (lactones) is 1. The van der Waals surface area contributed by atoms with Crippen LogP contribution in [0.5, 0.6) is 0 Å². The van der Waals surface area contributed by atoms with Crippen LogP contribution < -0.4 is 4.90 Å². The Hall–Kier alpha value is -3.76. The van der Waals surface area contributed by atoms with Gasteiger partial charge in [-0.2, -0.15) is 0 Å². The highest BCUT2D eigenvalue weighted by molar-refractivity contribution is 5.98. The highest BCUT2D eigenvalue weighted by Crippen LogP contribution is 2.33. The molecule has 0 spiro atoms. The molecule has 43 heavy (non-hydrogen) atoms. The largest absolute Gasteiger partial charge is 0.458 e. The lowest BCUT2D eigenvalue weighted by Crippen LogP contribution is -2.39. The fourth-order valence-corrected chi connectivity index (χ4v) is 5.05. The normalized spacial score (nSPS) is 24.8. The molecule has 2 aliphatic heterocycles. The quantitative estimate of drug-likeness (QED) is 0.405. The summed E-state index contributed by atoms with van der Waals surface area (Å²) >= 11 is 0. The predicted molar refractivity (Wildman–Crippen MR) is 163 cm³/mol. The zero-order valence-corrected chi connectivity index (χ0v) is 26.3. The summed E-state index contributed by atoms with van der Waals surface area (Å²) in [6.07, 6.45) is 10.2. The van der Waals surface area contributed by atoms with Gasteiger partial charge in [-0.15, -0.1) is 0 Å². The summed E-state index contributed by atoms with van der Waals surface area (Å²) in [6, 6.07) is 3.59. The zero-order chi connectivity index (χ0) is 31.5. The first kappa shape index (κ1) is 32.2. The number of imidazole rings is 1. The van der Waals surface area contributed by atoms with Gasteiger partial charge in [-0.3, -0.25) is 9.69 Å². The summed E-state index contributed by atoms with van der Waals surface area (Å²) in [5.74, 6) is -1.82. The fraction of sp³-hybridized carbons (Fsp3) is 0.515. The van der Waals surface area contributed by atoms with Gasteiger partial charge in [0.05, 0.1) is 18.0 Å². The molecule has 4 rings (SSSR count). The number of benzene rings is 1. The smallest absolute Gasteiger partial charge is 0.414 e. The minimum absolute atomic E-state index is 0.198. The topological polar surface area (TPSA) is 109 Å². The summed E-state index contributed by atoms with van der Waals surface area (Å²) in [7, 11) is 0. The highest BCUT2D eigenvalue weighted by Gasteiger charge is 2.43. The summed E-state index contributed by atoms with van der Waals surface area (Å²) in [5.41, 5.74) is 1.49. The molecular weight excluding hydrogens is 550 g/mol. The van der Waals surface area contributed by atoms with E-state index in [-0.39, 0.29) is 11.7 Å². The van der Waals surface area contributed by atoms with Gasteiger partial charge < -0.3 is 23.5 Å². The molecule has 4 atom stereocenters. The second kappa shape index (κ2) is 12.9. The van der Waals surface area contributed by atoms with Gasteiger partial charge in [0, 0.05) is 37.1 Å². The maximum atomic E-state index is 13.6. The maximum Gasteiger partial charge on any atom is 0.414 e. The number of fused-ring (bicyclic) bond motifs is 2. The first-order valence-corrected chi connectivity index (χ1v) is 14.7. The second-order valence-electron chi connectivity index (χ2n) is 12.6. The number of esters is 1. The lowest BCUT2D eigenvalue weighted by atomic mass is 9.97. The minimum Gasteiger partial charge on any atom is -0.458 e. The van der Waals surface area contributed by atoms with Crippen molar-refractivity contribution in [1.29, 1.82) is 0 Å². The Balaban J connectivity index is 1.76. The van der Waals surface area contributed by atoms with Crippen molar-refractivity contribution in [2.75, 3.05) is 11.4 Å². The number of ketones is 1. The molecule has 2 aliphatic rings. The lowest BCUT2D eigenvalue weighted by Gasteiger charge is -2.28. The van der Waals surface area contributed by atoms with Crippen LogP contribution in [0, 0.1) is 12.8 Å². The van der Waals surface area contributed by atoms with Crippen molar-refractivity contribution in [2.24, 2.45) is 5.92 Å². The number of nitrogens with zero attached hydrogens (tertiary/aromatic N) is 3. The Morgan fingerprint density at radius 1 is 1.16 bits per heavy atom. The van der Waals surface area contributed by atoms with Crippen LogP contribution in [0.2, 0.25) is 0 Å². The summed E-state index contributed by atoms with van der Waals surface area (Å²) in [6.45, 7) is 15.3. The average Bonchev–Trinajstić information content (AvgIpc) is 3.52. The SMILES string of the molecule is Cc1cc(N(CCn2ccnc2)C(=O)OC(C)(C)C)cc2c1C(=O)O[C@@H](C)[C@H](C)/C=C\C(=O)[C@H]1OC(C)(C)O[C@H]1CC=C2. The molecule has 0 radical (unpaired) electrons. The zero-order valence-electron chi connectivity index (χ0n) is 26.3. The van der Waals surface area contributed by atoms with Crippen LogP contribution in [0.4, 0.5) is 10.5 Å². The Kier molecular flexibility index (Phi) is 9.61. The first-order valence-electron chi connectivity index (χ1n) is 14.7. The monoisotopic (exact) mass is 593 g/mol. The molecular formula is C33H43N3O7. The fourth-order valence-electron chi connectivity index (χ4n) is 5.05. The third-order valence-corrected chi connectivity index (χ3v) is 7.35. The Morgan fingerprint density at radius 2 is 1.91 bits per heavy atom. The predicted octanol–water partition coefficient (Wildman–Crippen LogP) is 5.88. The number of rotatable bonds is 4. The molecule has 0 bridgehead atoms. The van der Waals surface area contributed by atoms with Crippen molar-refractivity contribution in [2.45, 2.75) is 98.1 Å². The van der Waals surface area contributed by atoms with E-state index >= 15 is 0 Å².